The minimum absolute atomic E-state index is 0.0230. The first-order valence-electron chi connectivity index (χ1n) is 7.50. The van der Waals surface area contributed by atoms with Gasteiger partial charge in [0.25, 0.3) is 11.8 Å². The summed E-state index contributed by atoms with van der Waals surface area (Å²) in [5.74, 6) is 0.228. The monoisotopic (exact) mass is 297 g/mol. The number of aryl methyl sites for hydroxylation is 1. The molecule has 0 atom stereocenters. The summed E-state index contributed by atoms with van der Waals surface area (Å²) in [7, 11) is 0. The summed E-state index contributed by atoms with van der Waals surface area (Å²) in [4.78, 5) is 29.7. The van der Waals surface area contributed by atoms with E-state index in [0.29, 0.717) is 16.9 Å². The fourth-order valence-corrected chi connectivity index (χ4v) is 2.72. The summed E-state index contributed by atoms with van der Waals surface area (Å²) in [5, 5.41) is 2.81. The Morgan fingerprint density at radius 2 is 1.82 bits per heavy atom. The number of rotatable bonds is 3. The molecule has 2 aromatic rings. The number of anilines is 1. The molecule has 5 heteroatoms. The average molecular weight is 297 g/mol. The van der Waals surface area contributed by atoms with Crippen molar-refractivity contribution in [1.29, 1.82) is 0 Å². The SMILES string of the molecule is Cc1cc(C(=O)N2CCCC2)c(NC(=O)c2ccccc2)[nH]1. The second-order valence-corrected chi connectivity index (χ2v) is 5.56. The Balaban J connectivity index is 1.82. The molecule has 114 valence electrons. The van der Waals surface area contributed by atoms with Crippen molar-refractivity contribution in [1.82, 2.24) is 9.88 Å². The van der Waals surface area contributed by atoms with Gasteiger partial charge in [-0.1, -0.05) is 18.2 Å². The van der Waals surface area contributed by atoms with E-state index in [0.717, 1.165) is 31.6 Å². The van der Waals surface area contributed by atoms with E-state index < -0.39 is 0 Å². The fourth-order valence-electron chi connectivity index (χ4n) is 2.72. The molecule has 22 heavy (non-hydrogen) atoms. The van der Waals surface area contributed by atoms with Crippen LogP contribution in [0, 0.1) is 6.92 Å². The van der Waals surface area contributed by atoms with Gasteiger partial charge in [0.2, 0.25) is 0 Å². The van der Waals surface area contributed by atoms with Crippen LogP contribution in [0.2, 0.25) is 0 Å². The highest BCUT2D eigenvalue weighted by molar-refractivity contribution is 6.08. The van der Waals surface area contributed by atoms with E-state index >= 15 is 0 Å². The number of hydrogen-bond donors (Lipinski definition) is 2. The van der Waals surface area contributed by atoms with Crippen LogP contribution < -0.4 is 5.32 Å². The molecule has 2 amide bonds. The lowest BCUT2D eigenvalue weighted by atomic mass is 10.2. The normalized spacial score (nSPS) is 14.1. The lowest BCUT2D eigenvalue weighted by Crippen LogP contribution is -2.28. The van der Waals surface area contributed by atoms with E-state index in [9.17, 15) is 9.59 Å². The van der Waals surface area contributed by atoms with Crippen LogP contribution in [-0.4, -0.2) is 34.8 Å². The van der Waals surface area contributed by atoms with Gasteiger partial charge in [-0.05, 0) is 38.0 Å². The van der Waals surface area contributed by atoms with Gasteiger partial charge in [-0.2, -0.15) is 0 Å². The van der Waals surface area contributed by atoms with E-state index in [1.54, 1.807) is 18.2 Å². The minimum Gasteiger partial charge on any atom is -0.345 e. The third-order valence-corrected chi connectivity index (χ3v) is 3.85. The number of carbonyl (C=O) groups is 2. The second-order valence-electron chi connectivity index (χ2n) is 5.56. The largest absolute Gasteiger partial charge is 0.345 e. The third-order valence-electron chi connectivity index (χ3n) is 3.85. The molecule has 2 heterocycles. The number of aromatic amines is 1. The van der Waals surface area contributed by atoms with Crippen LogP contribution in [-0.2, 0) is 0 Å². The Morgan fingerprint density at radius 3 is 2.50 bits per heavy atom. The molecule has 2 N–H and O–H groups in total. The summed E-state index contributed by atoms with van der Waals surface area (Å²) < 4.78 is 0. The molecule has 0 radical (unpaired) electrons. The average Bonchev–Trinajstić information content (AvgIpc) is 3.17. The van der Waals surface area contributed by atoms with Crippen molar-refractivity contribution in [2.75, 3.05) is 18.4 Å². The topological polar surface area (TPSA) is 65.2 Å². The van der Waals surface area contributed by atoms with E-state index in [2.05, 4.69) is 10.3 Å². The van der Waals surface area contributed by atoms with Crippen LogP contribution in [0.1, 0.15) is 39.3 Å². The quantitative estimate of drug-likeness (QED) is 0.915. The molecular weight excluding hydrogens is 278 g/mol. The van der Waals surface area contributed by atoms with Crippen LogP contribution in [0.25, 0.3) is 0 Å². The van der Waals surface area contributed by atoms with Gasteiger partial charge in [-0.15, -0.1) is 0 Å². The summed E-state index contributed by atoms with van der Waals surface area (Å²) in [6, 6.07) is 10.8. The molecule has 0 spiro atoms. The van der Waals surface area contributed by atoms with E-state index in [4.69, 9.17) is 0 Å². The molecule has 0 bridgehead atoms. The van der Waals surface area contributed by atoms with Crippen molar-refractivity contribution in [3.63, 3.8) is 0 Å². The third kappa shape index (κ3) is 2.88. The summed E-state index contributed by atoms with van der Waals surface area (Å²) in [6.45, 7) is 3.45. The number of likely N-dealkylation sites (tertiary alicyclic amines) is 1. The van der Waals surface area contributed by atoms with Crippen LogP contribution in [0.3, 0.4) is 0 Å². The maximum Gasteiger partial charge on any atom is 0.257 e. The first-order valence-corrected chi connectivity index (χ1v) is 7.50. The molecular formula is C17H19N3O2. The molecule has 1 aromatic carbocycles. The Labute approximate surface area is 129 Å². The van der Waals surface area contributed by atoms with E-state index in [1.165, 1.54) is 0 Å². The molecule has 1 fully saturated rings. The number of H-pyrrole nitrogens is 1. The van der Waals surface area contributed by atoms with Crippen LogP contribution in [0.5, 0.6) is 0 Å². The Morgan fingerprint density at radius 1 is 1.14 bits per heavy atom. The molecule has 1 aliphatic rings. The van der Waals surface area contributed by atoms with Crippen LogP contribution in [0.4, 0.5) is 5.82 Å². The Bertz CT molecular complexity index is 685. The smallest absolute Gasteiger partial charge is 0.257 e. The molecule has 0 unspecified atom stereocenters. The Hall–Kier alpha value is -2.56. The number of hydrogen-bond acceptors (Lipinski definition) is 2. The molecule has 1 aromatic heterocycles. The van der Waals surface area contributed by atoms with E-state index in [-0.39, 0.29) is 11.8 Å². The molecule has 0 saturated carbocycles. The van der Waals surface area contributed by atoms with Gasteiger partial charge < -0.3 is 15.2 Å². The number of nitrogens with zero attached hydrogens (tertiary/aromatic N) is 1. The summed E-state index contributed by atoms with van der Waals surface area (Å²) in [5.41, 5.74) is 1.95. The number of amides is 2. The molecule has 1 aliphatic heterocycles. The van der Waals surface area contributed by atoms with Gasteiger partial charge in [0.1, 0.15) is 5.82 Å². The predicted molar refractivity (Wildman–Crippen MR) is 85.1 cm³/mol. The fraction of sp³-hybridized carbons (Fsp3) is 0.294. The van der Waals surface area contributed by atoms with Gasteiger partial charge in [-0.25, -0.2) is 0 Å². The predicted octanol–water partition coefficient (Wildman–Crippen LogP) is 2.81. The van der Waals surface area contributed by atoms with Crippen molar-refractivity contribution in [2.24, 2.45) is 0 Å². The zero-order chi connectivity index (χ0) is 15.5. The Kier molecular flexibility index (Phi) is 3.96. The lowest BCUT2D eigenvalue weighted by molar-refractivity contribution is 0.0794. The van der Waals surface area contributed by atoms with Crippen molar-refractivity contribution >= 4 is 17.6 Å². The summed E-state index contributed by atoms with van der Waals surface area (Å²) in [6.07, 6.45) is 2.09. The summed E-state index contributed by atoms with van der Waals surface area (Å²) >= 11 is 0. The zero-order valence-electron chi connectivity index (χ0n) is 12.6. The first kappa shape index (κ1) is 14.4. The van der Waals surface area contributed by atoms with Gasteiger partial charge in [0.05, 0.1) is 5.56 Å². The highest BCUT2D eigenvalue weighted by Gasteiger charge is 2.24. The van der Waals surface area contributed by atoms with Crippen LogP contribution >= 0.6 is 0 Å². The minimum atomic E-state index is -0.224. The number of aromatic nitrogens is 1. The highest BCUT2D eigenvalue weighted by Crippen LogP contribution is 2.21. The number of benzene rings is 1. The molecule has 1 saturated heterocycles. The van der Waals surface area contributed by atoms with Gasteiger partial charge in [0.15, 0.2) is 0 Å². The maximum atomic E-state index is 12.6. The van der Waals surface area contributed by atoms with Gasteiger partial charge >= 0.3 is 0 Å². The van der Waals surface area contributed by atoms with Gasteiger partial charge in [-0.3, -0.25) is 9.59 Å². The van der Waals surface area contributed by atoms with Crippen LogP contribution in [0.15, 0.2) is 36.4 Å². The van der Waals surface area contributed by atoms with Crippen molar-refractivity contribution in [3.8, 4) is 0 Å². The standard InChI is InChI=1S/C17H19N3O2/c1-12-11-14(17(22)20-9-5-6-10-20)15(18-12)19-16(21)13-7-3-2-4-8-13/h2-4,7-8,11,18H,5-6,9-10H2,1H3,(H,19,21). The molecule has 5 nitrogen and oxygen atoms in total. The van der Waals surface area contributed by atoms with Crippen molar-refractivity contribution in [3.05, 3.63) is 53.2 Å². The zero-order valence-corrected chi connectivity index (χ0v) is 12.6. The lowest BCUT2D eigenvalue weighted by Gasteiger charge is -2.15. The number of nitrogens with one attached hydrogen (secondary N) is 2. The first-order chi connectivity index (χ1) is 10.6. The second kappa shape index (κ2) is 6.05. The number of carbonyl (C=O) groups excluding carboxylic acids is 2. The molecule has 3 rings (SSSR count). The molecule has 0 aliphatic carbocycles. The van der Waals surface area contributed by atoms with Crippen molar-refractivity contribution < 1.29 is 9.59 Å². The maximum absolute atomic E-state index is 12.6. The van der Waals surface area contributed by atoms with Crippen molar-refractivity contribution in [2.45, 2.75) is 19.8 Å². The van der Waals surface area contributed by atoms with E-state index in [1.807, 2.05) is 30.0 Å². The highest BCUT2D eigenvalue weighted by atomic mass is 16.2. The van der Waals surface area contributed by atoms with Gasteiger partial charge in [0, 0.05) is 24.3 Å².